The number of nitrogens with zero attached hydrogens (tertiary/aromatic N) is 3. The Morgan fingerprint density at radius 2 is 1.96 bits per heavy atom. The lowest BCUT2D eigenvalue weighted by Gasteiger charge is -2.37. The van der Waals surface area contributed by atoms with Gasteiger partial charge in [0.15, 0.2) is 0 Å². The lowest BCUT2D eigenvalue weighted by atomic mass is 10.2. The van der Waals surface area contributed by atoms with Crippen molar-refractivity contribution in [3.8, 4) is 0 Å². The number of piperazine rings is 1. The minimum absolute atomic E-state index is 0.0267. The maximum atomic E-state index is 12.5. The zero-order valence-electron chi connectivity index (χ0n) is 14.2. The average Bonchev–Trinajstić information content (AvgIpc) is 2.99. The molecule has 1 saturated heterocycles. The van der Waals surface area contributed by atoms with Crippen molar-refractivity contribution in [2.45, 2.75) is 26.8 Å². The van der Waals surface area contributed by atoms with E-state index in [9.17, 15) is 9.59 Å². The second-order valence-corrected chi connectivity index (χ2v) is 7.47. The molecule has 7 heteroatoms. The van der Waals surface area contributed by atoms with Gasteiger partial charge >= 0.3 is 0 Å². The molecule has 0 aliphatic carbocycles. The van der Waals surface area contributed by atoms with E-state index < -0.39 is 0 Å². The Morgan fingerprint density at radius 1 is 1.25 bits per heavy atom. The third-order valence-electron chi connectivity index (χ3n) is 4.38. The van der Waals surface area contributed by atoms with E-state index in [-0.39, 0.29) is 17.5 Å². The molecule has 0 bridgehead atoms. The first-order valence-corrected chi connectivity index (χ1v) is 8.93. The number of nitrogens with one attached hydrogen (secondary N) is 1. The molecule has 1 atom stereocenters. The maximum absolute atomic E-state index is 12.5. The fourth-order valence-electron chi connectivity index (χ4n) is 2.99. The Kier molecular flexibility index (Phi) is 4.82. The van der Waals surface area contributed by atoms with Crippen LogP contribution in [0.25, 0.3) is 0 Å². The van der Waals surface area contributed by atoms with E-state index >= 15 is 0 Å². The summed E-state index contributed by atoms with van der Waals surface area (Å²) >= 11 is 1.54. The largest absolute Gasteiger partial charge is 0.335 e. The maximum Gasteiger partial charge on any atom is 0.264 e. The fraction of sp³-hybridized carbons (Fsp3) is 0.471. The Labute approximate surface area is 145 Å². The number of carbonyl (C=O) groups is 1. The number of carbonyl (C=O) groups excluding carboxylic acids is 1. The highest BCUT2D eigenvalue weighted by atomic mass is 32.1. The monoisotopic (exact) mass is 346 g/mol. The van der Waals surface area contributed by atoms with Gasteiger partial charge in [-0.3, -0.25) is 14.5 Å². The second kappa shape index (κ2) is 6.86. The second-order valence-electron chi connectivity index (χ2n) is 6.19. The molecule has 0 unspecified atom stereocenters. The Hall–Kier alpha value is -1.99. The summed E-state index contributed by atoms with van der Waals surface area (Å²) in [6.07, 6.45) is 0. The Morgan fingerprint density at radius 3 is 2.54 bits per heavy atom. The van der Waals surface area contributed by atoms with Gasteiger partial charge in [0.2, 0.25) is 0 Å². The molecule has 1 aliphatic rings. The van der Waals surface area contributed by atoms with Gasteiger partial charge in [0.25, 0.3) is 11.5 Å². The molecule has 3 heterocycles. The van der Waals surface area contributed by atoms with E-state index in [4.69, 9.17) is 0 Å². The molecule has 1 amide bonds. The third kappa shape index (κ3) is 3.57. The summed E-state index contributed by atoms with van der Waals surface area (Å²) in [5, 5.41) is 0. The summed E-state index contributed by atoms with van der Waals surface area (Å²) in [6, 6.07) is 5.41. The molecule has 3 rings (SSSR count). The third-order valence-corrected chi connectivity index (χ3v) is 5.37. The van der Waals surface area contributed by atoms with Crippen LogP contribution in [-0.4, -0.2) is 51.9 Å². The molecular weight excluding hydrogens is 324 g/mol. The Balaban J connectivity index is 1.64. The van der Waals surface area contributed by atoms with Gasteiger partial charge in [-0.05, 0) is 32.9 Å². The normalized spacial score (nSPS) is 17.0. The number of aromatic amines is 1. The minimum Gasteiger partial charge on any atom is -0.335 e. The zero-order valence-corrected chi connectivity index (χ0v) is 15.0. The summed E-state index contributed by atoms with van der Waals surface area (Å²) in [4.78, 5) is 37.5. The number of thiophene rings is 1. The minimum atomic E-state index is -0.119. The molecule has 6 nitrogen and oxygen atoms in total. The van der Waals surface area contributed by atoms with E-state index in [0.29, 0.717) is 18.9 Å². The molecule has 24 heavy (non-hydrogen) atoms. The molecule has 128 valence electrons. The molecule has 0 spiro atoms. The van der Waals surface area contributed by atoms with Gasteiger partial charge < -0.3 is 9.88 Å². The number of rotatable bonds is 3. The van der Waals surface area contributed by atoms with E-state index in [1.807, 2.05) is 37.8 Å². The standard InChI is InChI=1S/C17H22N4O2S/c1-11-10-15(22)19-16(18-11)13(3)20-6-8-21(9-7-20)17(23)14-5-4-12(2)24-14/h4-5,10,13H,6-9H2,1-3H3,(H,18,19,22)/t13-/m0/s1. The van der Waals surface area contributed by atoms with E-state index in [0.717, 1.165) is 28.5 Å². The van der Waals surface area contributed by atoms with Crippen molar-refractivity contribution in [3.05, 3.63) is 49.8 Å². The van der Waals surface area contributed by atoms with Crippen LogP contribution >= 0.6 is 11.3 Å². The number of aryl methyl sites for hydroxylation is 2. The van der Waals surface area contributed by atoms with Crippen LogP contribution in [0.1, 0.15) is 39.0 Å². The molecule has 1 fully saturated rings. The van der Waals surface area contributed by atoms with Gasteiger partial charge in [-0.2, -0.15) is 0 Å². The number of aromatic nitrogens is 2. The topological polar surface area (TPSA) is 69.3 Å². The van der Waals surface area contributed by atoms with Crippen LogP contribution in [0.3, 0.4) is 0 Å². The molecule has 2 aromatic rings. The molecule has 0 aromatic carbocycles. The highest BCUT2D eigenvalue weighted by Crippen LogP contribution is 2.21. The summed E-state index contributed by atoms with van der Waals surface area (Å²) in [7, 11) is 0. The fourth-order valence-corrected chi connectivity index (χ4v) is 3.83. The number of hydrogen-bond donors (Lipinski definition) is 1. The molecule has 0 radical (unpaired) electrons. The van der Waals surface area contributed by atoms with Crippen LogP contribution in [0.4, 0.5) is 0 Å². The number of hydrogen-bond acceptors (Lipinski definition) is 5. The van der Waals surface area contributed by atoms with Crippen LogP contribution in [0.15, 0.2) is 23.0 Å². The van der Waals surface area contributed by atoms with Crippen LogP contribution in [0.2, 0.25) is 0 Å². The summed E-state index contributed by atoms with van der Waals surface area (Å²) < 4.78 is 0. The van der Waals surface area contributed by atoms with Crippen molar-refractivity contribution in [2.24, 2.45) is 0 Å². The zero-order chi connectivity index (χ0) is 17.3. The molecule has 1 aliphatic heterocycles. The lowest BCUT2D eigenvalue weighted by Crippen LogP contribution is -2.49. The predicted molar refractivity (Wildman–Crippen MR) is 94.5 cm³/mol. The first-order chi connectivity index (χ1) is 11.4. The van der Waals surface area contributed by atoms with Crippen LogP contribution in [0, 0.1) is 13.8 Å². The number of H-pyrrole nitrogens is 1. The van der Waals surface area contributed by atoms with Gasteiger partial charge in [-0.25, -0.2) is 4.98 Å². The van der Waals surface area contributed by atoms with Crippen LogP contribution in [0.5, 0.6) is 0 Å². The summed E-state index contributed by atoms with van der Waals surface area (Å²) in [5.41, 5.74) is 0.605. The van der Waals surface area contributed by atoms with Crippen molar-refractivity contribution >= 4 is 17.2 Å². The van der Waals surface area contributed by atoms with E-state index in [2.05, 4.69) is 14.9 Å². The quantitative estimate of drug-likeness (QED) is 0.922. The van der Waals surface area contributed by atoms with Gasteiger partial charge in [0.05, 0.1) is 10.9 Å². The van der Waals surface area contributed by atoms with Gasteiger partial charge in [0.1, 0.15) is 5.82 Å². The molecule has 1 N–H and O–H groups in total. The molecule has 2 aromatic heterocycles. The molecule has 0 saturated carbocycles. The van der Waals surface area contributed by atoms with E-state index in [1.54, 1.807) is 11.3 Å². The number of amides is 1. The van der Waals surface area contributed by atoms with Crippen LogP contribution < -0.4 is 5.56 Å². The first-order valence-electron chi connectivity index (χ1n) is 8.11. The summed E-state index contributed by atoms with van der Waals surface area (Å²) in [6.45, 7) is 8.80. The van der Waals surface area contributed by atoms with Gasteiger partial charge in [-0.1, -0.05) is 0 Å². The highest BCUT2D eigenvalue weighted by Gasteiger charge is 2.26. The summed E-state index contributed by atoms with van der Waals surface area (Å²) in [5.74, 6) is 0.802. The van der Waals surface area contributed by atoms with Gasteiger partial charge in [0, 0.05) is 42.8 Å². The van der Waals surface area contributed by atoms with Crippen molar-refractivity contribution in [2.75, 3.05) is 26.2 Å². The Bertz CT molecular complexity index is 790. The smallest absolute Gasteiger partial charge is 0.264 e. The van der Waals surface area contributed by atoms with Crippen molar-refractivity contribution < 1.29 is 4.79 Å². The average molecular weight is 346 g/mol. The van der Waals surface area contributed by atoms with Gasteiger partial charge in [-0.15, -0.1) is 11.3 Å². The molecular formula is C17H22N4O2S. The first kappa shape index (κ1) is 16.9. The van der Waals surface area contributed by atoms with Crippen molar-refractivity contribution in [1.29, 1.82) is 0 Å². The van der Waals surface area contributed by atoms with E-state index in [1.165, 1.54) is 6.07 Å². The van der Waals surface area contributed by atoms with Crippen molar-refractivity contribution in [1.82, 2.24) is 19.8 Å². The highest BCUT2D eigenvalue weighted by molar-refractivity contribution is 7.13. The SMILES string of the molecule is Cc1cc(=O)[nH]c([C@H](C)N2CCN(C(=O)c3ccc(C)s3)CC2)n1. The van der Waals surface area contributed by atoms with Crippen LogP contribution in [-0.2, 0) is 0 Å². The van der Waals surface area contributed by atoms with Crippen molar-refractivity contribution in [3.63, 3.8) is 0 Å². The predicted octanol–water partition coefficient (Wildman–Crippen LogP) is 1.97. The lowest BCUT2D eigenvalue weighted by molar-refractivity contribution is 0.0579.